The average molecular weight is 435 g/mol. The van der Waals surface area contributed by atoms with Crippen molar-refractivity contribution in [1.29, 1.82) is 0 Å². The van der Waals surface area contributed by atoms with Gasteiger partial charge in [-0.25, -0.2) is 0 Å². The monoisotopic (exact) mass is 434 g/mol. The fourth-order valence-electron chi connectivity index (χ4n) is 3.03. The van der Waals surface area contributed by atoms with Gasteiger partial charge in [0.15, 0.2) is 0 Å². The maximum Gasteiger partial charge on any atom is 0.389 e. The molecule has 0 bridgehead atoms. The zero-order chi connectivity index (χ0) is 21.7. The van der Waals surface area contributed by atoms with Gasteiger partial charge in [0.2, 0.25) is 5.91 Å². The molecule has 1 unspecified atom stereocenters. The number of unbranched alkanes of at least 4 members (excludes halogenated alkanes) is 2. The molecular weight excluding hydrogens is 405 g/mol. The smallest absolute Gasteiger partial charge is 0.356 e. The Bertz CT molecular complexity index is 639. The largest absolute Gasteiger partial charge is 0.389 e. The van der Waals surface area contributed by atoms with Gasteiger partial charge in [-0.15, -0.1) is 0 Å². The number of halogens is 4. The molecule has 0 radical (unpaired) electrons. The zero-order valence-corrected chi connectivity index (χ0v) is 17.5. The van der Waals surface area contributed by atoms with E-state index in [4.69, 9.17) is 11.6 Å². The lowest BCUT2D eigenvalue weighted by Gasteiger charge is -2.17. The van der Waals surface area contributed by atoms with Crippen molar-refractivity contribution >= 4 is 23.4 Å². The van der Waals surface area contributed by atoms with Crippen LogP contribution in [-0.4, -0.2) is 31.1 Å². The van der Waals surface area contributed by atoms with Crippen LogP contribution in [0.4, 0.5) is 13.2 Å². The van der Waals surface area contributed by atoms with E-state index in [1.807, 2.05) is 0 Å². The van der Waals surface area contributed by atoms with E-state index >= 15 is 0 Å². The van der Waals surface area contributed by atoms with Crippen LogP contribution in [0.25, 0.3) is 0 Å². The van der Waals surface area contributed by atoms with Crippen molar-refractivity contribution in [3.05, 3.63) is 34.9 Å². The normalized spacial score (nSPS) is 12.4. The molecule has 4 nitrogen and oxygen atoms in total. The van der Waals surface area contributed by atoms with E-state index < -0.39 is 24.9 Å². The van der Waals surface area contributed by atoms with Gasteiger partial charge < -0.3 is 10.6 Å². The molecule has 0 spiro atoms. The number of carbonyl (C=O) groups excluding carboxylic acids is 2. The summed E-state index contributed by atoms with van der Waals surface area (Å²) in [6, 6.07) is 6.81. The predicted octanol–water partition coefficient (Wildman–Crippen LogP) is 5.51. The molecular formula is C21H30ClF3N2O2. The van der Waals surface area contributed by atoms with Crippen molar-refractivity contribution < 1.29 is 22.8 Å². The molecule has 0 aromatic heterocycles. The van der Waals surface area contributed by atoms with Crippen molar-refractivity contribution in [2.45, 2.75) is 64.5 Å². The third-order valence-electron chi connectivity index (χ3n) is 4.58. The Morgan fingerprint density at radius 2 is 1.86 bits per heavy atom. The van der Waals surface area contributed by atoms with Gasteiger partial charge in [0.1, 0.15) is 0 Å². The van der Waals surface area contributed by atoms with E-state index in [-0.39, 0.29) is 5.91 Å². The number of hydrogen-bond donors (Lipinski definition) is 2. The second-order valence-corrected chi connectivity index (χ2v) is 7.63. The summed E-state index contributed by atoms with van der Waals surface area (Å²) in [5, 5.41) is 6.00. The van der Waals surface area contributed by atoms with Crippen LogP contribution in [0, 0.1) is 5.92 Å². The first-order chi connectivity index (χ1) is 13.7. The lowest BCUT2D eigenvalue weighted by Crippen LogP contribution is -2.29. The summed E-state index contributed by atoms with van der Waals surface area (Å²) in [6.07, 6.45) is -0.382. The summed E-state index contributed by atoms with van der Waals surface area (Å²) in [7, 11) is 0. The third kappa shape index (κ3) is 12.4. The fourth-order valence-corrected chi connectivity index (χ4v) is 3.22. The van der Waals surface area contributed by atoms with Crippen LogP contribution in [0.3, 0.4) is 0 Å². The summed E-state index contributed by atoms with van der Waals surface area (Å²) in [4.78, 5) is 23.6. The molecule has 1 aromatic carbocycles. The molecule has 8 heteroatoms. The first-order valence-electron chi connectivity index (χ1n) is 10.1. The highest BCUT2D eigenvalue weighted by Crippen LogP contribution is 2.21. The van der Waals surface area contributed by atoms with Crippen LogP contribution < -0.4 is 10.6 Å². The topological polar surface area (TPSA) is 58.2 Å². The standard InChI is InChI=1S/C21H30ClF3N2O2/c1-2-7-16(15-27-20(29)17-9-6-10-18(22)14-17)8-4-3-5-13-26-19(28)11-12-21(23,24)25/h6,9-10,14,16H,2-5,7-8,11-13,15H2,1H3,(H,26,28)(H,27,29). The number of nitrogens with one attached hydrogen (secondary N) is 2. The number of amides is 2. The molecule has 1 rings (SSSR count). The van der Waals surface area contributed by atoms with Crippen LogP contribution in [0.5, 0.6) is 0 Å². The summed E-state index contributed by atoms with van der Waals surface area (Å²) >= 11 is 5.91. The van der Waals surface area contributed by atoms with E-state index in [0.717, 1.165) is 38.5 Å². The van der Waals surface area contributed by atoms with E-state index in [1.165, 1.54) is 0 Å². The molecule has 0 saturated heterocycles. The summed E-state index contributed by atoms with van der Waals surface area (Å²) in [5.41, 5.74) is 0.536. The first-order valence-corrected chi connectivity index (χ1v) is 10.5. The van der Waals surface area contributed by atoms with Crippen LogP contribution in [0.1, 0.15) is 68.6 Å². The quantitative estimate of drug-likeness (QED) is 0.402. The lowest BCUT2D eigenvalue weighted by atomic mass is 9.96. The molecule has 2 amide bonds. The Labute approximate surface area is 175 Å². The number of carbonyl (C=O) groups is 2. The maximum absolute atomic E-state index is 12.2. The Morgan fingerprint density at radius 3 is 2.52 bits per heavy atom. The van der Waals surface area contributed by atoms with Gasteiger partial charge in [0.25, 0.3) is 5.91 Å². The molecule has 29 heavy (non-hydrogen) atoms. The Hall–Kier alpha value is -1.76. The van der Waals surface area contributed by atoms with Crippen molar-refractivity contribution in [3.63, 3.8) is 0 Å². The Morgan fingerprint density at radius 1 is 1.10 bits per heavy atom. The molecule has 0 aliphatic heterocycles. The van der Waals surface area contributed by atoms with E-state index in [9.17, 15) is 22.8 Å². The highest BCUT2D eigenvalue weighted by Gasteiger charge is 2.27. The SMILES string of the molecule is CCCC(CCCCCNC(=O)CCC(F)(F)F)CNC(=O)c1cccc(Cl)c1. The molecule has 2 N–H and O–H groups in total. The van der Waals surface area contributed by atoms with Crippen LogP contribution in [-0.2, 0) is 4.79 Å². The minimum Gasteiger partial charge on any atom is -0.356 e. The van der Waals surface area contributed by atoms with E-state index in [1.54, 1.807) is 24.3 Å². The van der Waals surface area contributed by atoms with Crippen molar-refractivity contribution in [2.24, 2.45) is 5.92 Å². The Balaban J connectivity index is 2.21. The van der Waals surface area contributed by atoms with E-state index in [2.05, 4.69) is 17.6 Å². The average Bonchev–Trinajstić information content (AvgIpc) is 2.66. The van der Waals surface area contributed by atoms with E-state index in [0.29, 0.717) is 29.6 Å². The minimum atomic E-state index is -4.30. The van der Waals surface area contributed by atoms with Crippen LogP contribution in [0.15, 0.2) is 24.3 Å². The fraction of sp³-hybridized carbons (Fsp3) is 0.619. The molecule has 0 aliphatic carbocycles. The number of benzene rings is 1. The van der Waals surface area contributed by atoms with Gasteiger partial charge >= 0.3 is 6.18 Å². The highest BCUT2D eigenvalue weighted by atomic mass is 35.5. The first kappa shape index (κ1) is 25.3. The van der Waals surface area contributed by atoms with Gasteiger partial charge in [-0.05, 0) is 43.4 Å². The molecule has 0 fully saturated rings. The zero-order valence-electron chi connectivity index (χ0n) is 16.8. The molecule has 0 heterocycles. The highest BCUT2D eigenvalue weighted by molar-refractivity contribution is 6.30. The van der Waals surface area contributed by atoms with Gasteiger partial charge in [0.05, 0.1) is 6.42 Å². The molecule has 164 valence electrons. The van der Waals surface area contributed by atoms with Crippen molar-refractivity contribution in [3.8, 4) is 0 Å². The van der Waals surface area contributed by atoms with Gasteiger partial charge in [-0.1, -0.05) is 43.9 Å². The van der Waals surface area contributed by atoms with Crippen molar-refractivity contribution in [2.75, 3.05) is 13.1 Å². The summed E-state index contributed by atoms with van der Waals surface area (Å²) in [6.45, 7) is 3.08. The second-order valence-electron chi connectivity index (χ2n) is 7.19. The van der Waals surface area contributed by atoms with Crippen LogP contribution in [0.2, 0.25) is 5.02 Å². The molecule has 1 atom stereocenters. The Kier molecular flexibility index (Phi) is 11.7. The van der Waals surface area contributed by atoms with Crippen LogP contribution >= 0.6 is 11.6 Å². The summed E-state index contributed by atoms with van der Waals surface area (Å²) < 4.78 is 36.2. The number of rotatable bonds is 13. The number of alkyl halides is 3. The molecule has 0 saturated carbocycles. The summed E-state index contributed by atoms with van der Waals surface area (Å²) in [5.74, 6) is -0.338. The minimum absolute atomic E-state index is 0.143. The lowest BCUT2D eigenvalue weighted by molar-refractivity contribution is -0.144. The third-order valence-corrected chi connectivity index (χ3v) is 4.82. The van der Waals surface area contributed by atoms with Gasteiger partial charge in [-0.2, -0.15) is 13.2 Å². The van der Waals surface area contributed by atoms with Gasteiger partial charge in [0, 0.05) is 30.1 Å². The second kappa shape index (κ2) is 13.5. The molecule has 0 aliphatic rings. The van der Waals surface area contributed by atoms with Gasteiger partial charge in [-0.3, -0.25) is 9.59 Å². The maximum atomic E-state index is 12.2. The number of hydrogen-bond acceptors (Lipinski definition) is 2. The molecule has 1 aromatic rings. The predicted molar refractivity (Wildman–Crippen MR) is 109 cm³/mol. The van der Waals surface area contributed by atoms with Crippen molar-refractivity contribution in [1.82, 2.24) is 10.6 Å².